The average molecular weight is 364 g/mol. The largest absolute Gasteiger partial charge is 0.453 e. The molecule has 2 aromatic carbocycles. The number of ether oxygens (including phenoxy) is 1. The van der Waals surface area contributed by atoms with Gasteiger partial charge in [0.25, 0.3) is 5.91 Å². The summed E-state index contributed by atoms with van der Waals surface area (Å²) in [6.45, 7) is 1.13. The van der Waals surface area contributed by atoms with Gasteiger partial charge >= 0.3 is 5.97 Å². The molecular formula is C20H16N2O5. The fourth-order valence-electron chi connectivity index (χ4n) is 3.27. The van der Waals surface area contributed by atoms with Gasteiger partial charge in [-0.1, -0.05) is 53.7 Å². The average Bonchev–Trinajstić information content (AvgIpc) is 3.20. The van der Waals surface area contributed by atoms with E-state index in [-0.39, 0.29) is 5.82 Å². The van der Waals surface area contributed by atoms with E-state index >= 15 is 0 Å². The number of amides is 1. The number of fused-ring (bicyclic) bond motifs is 3. The monoisotopic (exact) mass is 364 g/mol. The number of anilines is 1. The summed E-state index contributed by atoms with van der Waals surface area (Å²) in [5.41, 5.74) is 0.426. The van der Waals surface area contributed by atoms with Gasteiger partial charge in [-0.3, -0.25) is 4.79 Å². The molecule has 0 bridgehead atoms. The van der Waals surface area contributed by atoms with Gasteiger partial charge in [-0.25, -0.2) is 4.79 Å². The molecule has 4 rings (SSSR count). The second-order valence-corrected chi connectivity index (χ2v) is 6.25. The zero-order valence-electron chi connectivity index (χ0n) is 14.4. The lowest BCUT2D eigenvalue weighted by Crippen LogP contribution is -2.38. The minimum Gasteiger partial charge on any atom is -0.453 e. The van der Waals surface area contributed by atoms with E-state index in [4.69, 9.17) is 9.26 Å². The minimum absolute atomic E-state index is 0.226. The van der Waals surface area contributed by atoms with Gasteiger partial charge in [0.05, 0.1) is 0 Å². The highest BCUT2D eigenvalue weighted by Crippen LogP contribution is 2.47. The Hall–Kier alpha value is -3.45. The van der Waals surface area contributed by atoms with Crippen LogP contribution in [-0.4, -0.2) is 28.7 Å². The van der Waals surface area contributed by atoms with E-state index in [9.17, 15) is 14.7 Å². The highest BCUT2D eigenvalue weighted by molar-refractivity contribution is 5.98. The number of benzene rings is 2. The number of carbonyl (C=O) groups excluding carboxylic acids is 2. The fraction of sp³-hybridized carbons (Fsp3) is 0.150. The maximum atomic E-state index is 12.8. The third kappa shape index (κ3) is 2.78. The molecule has 0 aliphatic heterocycles. The first kappa shape index (κ1) is 17.0. The molecule has 0 saturated heterocycles. The van der Waals surface area contributed by atoms with E-state index in [0.717, 1.165) is 11.1 Å². The Morgan fingerprint density at radius 2 is 1.70 bits per heavy atom. The van der Waals surface area contributed by atoms with Crippen LogP contribution in [0.5, 0.6) is 0 Å². The molecule has 1 heterocycles. The summed E-state index contributed by atoms with van der Waals surface area (Å²) in [6.07, 6.45) is 0. The van der Waals surface area contributed by atoms with E-state index in [1.54, 1.807) is 31.2 Å². The van der Waals surface area contributed by atoms with Crippen molar-refractivity contribution in [2.45, 2.75) is 12.5 Å². The van der Waals surface area contributed by atoms with Crippen molar-refractivity contribution in [3.05, 3.63) is 71.5 Å². The van der Waals surface area contributed by atoms with E-state index < -0.39 is 24.1 Å². The number of nitrogens with zero attached hydrogens (tertiary/aromatic N) is 1. The van der Waals surface area contributed by atoms with Gasteiger partial charge in [0.1, 0.15) is 5.76 Å². The van der Waals surface area contributed by atoms with Crippen LogP contribution in [0.3, 0.4) is 0 Å². The zero-order valence-corrected chi connectivity index (χ0v) is 14.4. The van der Waals surface area contributed by atoms with Gasteiger partial charge in [0, 0.05) is 17.2 Å². The smallest absolute Gasteiger partial charge is 0.348 e. The topological polar surface area (TPSA) is 102 Å². The van der Waals surface area contributed by atoms with Gasteiger partial charge in [0.2, 0.25) is 5.60 Å². The molecule has 3 aromatic rings. The predicted molar refractivity (Wildman–Crippen MR) is 95.7 cm³/mol. The predicted octanol–water partition coefficient (Wildman–Crippen LogP) is 2.38. The van der Waals surface area contributed by atoms with Gasteiger partial charge in [-0.2, -0.15) is 0 Å². The van der Waals surface area contributed by atoms with Crippen LogP contribution in [-0.2, 0) is 19.9 Å². The number of aliphatic hydroxyl groups is 1. The third-order valence-electron chi connectivity index (χ3n) is 4.45. The molecule has 1 aliphatic rings. The van der Waals surface area contributed by atoms with Crippen molar-refractivity contribution in [1.82, 2.24) is 5.16 Å². The van der Waals surface area contributed by atoms with Crippen molar-refractivity contribution in [3.63, 3.8) is 0 Å². The van der Waals surface area contributed by atoms with Crippen molar-refractivity contribution in [3.8, 4) is 11.1 Å². The third-order valence-corrected chi connectivity index (χ3v) is 4.45. The van der Waals surface area contributed by atoms with Gasteiger partial charge in [0.15, 0.2) is 12.4 Å². The Kier molecular flexibility index (Phi) is 4.01. The summed E-state index contributed by atoms with van der Waals surface area (Å²) in [5.74, 6) is -0.731. The van der Waals surface area contributed by atoms with Crippen molar-refractivity contribution in [2.75, 3.05) is 11.9 Å². The van der Waals surface area contributed by atoms with E-state index in [1.165, 1.54) is 6.07 Å². The molecule has 0 atom stereocenters. The van der Waals surface area contributed by atoms with Crippen LogP contribution >= 0.6 is 0 Å². The quantitative estimate of drug-likeness (QED) is 0.689. The zero-order chi connectivity index (χ0) is 19.0. The first-order chi connectivity index (χ1) is 13.0. The normalized spacial score (nSPS) is 13.6. The summed E-state index contributed by atoms with van der Waals surface area (Å²) in [6, 6.07) is 15.7. The van der Waals surface area contributed by atoms with Crippen LogP contribution in [0.4, 0.5) is 5.82 Å². The molecular weight excluding hydrogens is 348 g/mol. The van der Waals surface area contributed by atoms with Crippen molar-refractivity contribution < 1.29 is 24.0 Å². The molecule has 0 spiro atoms. The Balaban J connectivity index is 1.55. The highest BCUT2D eigenvalue weighted by Gasteiger charge is 2.49. The van der Waals surface area contributed by atoms with Crippen molar-refractivity contribution in [2.24, 2.45) is 0 Å². The SMILES string of the molecule is Cc1cc(NC(=O)COC(=O)C2(O)c3ccccc3-c3ccccc32)no1. The maximum Gasteiger partial charge on any atom is 0.348 e. The summed E-state index contributed by atoms with van der Waals surface area (Å²) < 4.78 is 9.98. The lowest BCUT2D eigenvalue weighted by molar-refractivity contribution is -0.163. The highest BCUT2D eigenvalue weighted by atomic mass is 16.6. The van der Waals surface area contributed by atoms with Crippen molar-refractivity contribution >= 4 is 17.7 Å². The molecule has 136 valence electrons. The molecule has 0 unspecified atom stereocenters. The first-order valence-electron chi connectivity index (χ1n) is 8.32. The van der Waals surface area contributed by atoms with Crippen LogP contribution in [0, 0.1) is 6.92 Å². The molecule has 2 N–H and O–H groups in total. The number of hydrogen-bond acceptors (Lipinski definition) is 6. The summed E-state index contributed by atoms with van der Waals surface area (Å²) >= 11 is 0. The van der Waals surface area contributed by atoms with Crippen LogP contribution in [0.2, 0.25) is 0 Å². The summed E-state index contributed by atoms with van der Waals surface area (Å²) in [7, 11) is 0. The molecule has 1 aliphatic carbocycles. The number of carbonyl (C=O) groups is 2. The molecule has 7 nitrogen and oxygen atoms in total. The van der Waals surface area contributed by atoms with Gasteiger partial charge in [-0.15, -0.1) is 0 Å². The Bertz CT molecular complexity index is 995. The standard InChI is InChI=1S/C20H16N2O5/c1-12-10-17(22-27-12)21-18(23)11-26-19(24)20(25)15-8-4-2-6-13(15)14-7-3-5-9-16(14)20/h2-10,25H,11H2,1H3,(H,21,22,23). The molecule has 1 aromatic heterocycles. The second kappa shape index (κ2) is 6.37. The minimum atomic E-state index is -1.96. The molecule has 0 saturated carbocycles. The molecule has 0 radical (unpaired) electrons. The van der Waals surface area contributed by atoms with E-state index in [1.807, 2.05) is 24.3 Å². The Morgan fingerprint density at radius 1 is 1.11 bits per heavy atom. The van der Waals surface area contributed by atoms with Crippen LogP contribution in [0.1, 0.15) is 16.9 Å². The number of nitrogens with one attached hydrogen (secondary N) is 1. The number of aryl methyl sites for hydroxylation is 1. The Morgan fingerprint density at radius 3 is 2.26 bits per heavy atom. The van der Waals surface area contributed by atoms with Crippen molar-refractivity contribution in [1.29, 1.82) is 0 Å². The molecule has 27 heavy (non-hydrogen) atoms. The van der Waals surface area contributed by atoms with E-state index in [0.29, 0.717) is 16.9 Å². The maximum absolute atomic E-state index is 12.8. The number of aromatic nitrogens is 1. The molecule has 7 heteroatoms. The number of esters is 1. The lowest BCUT2D eigenvalue weighted by Gasteiger charge is -2.23. The van der Waals surface area contributed by atoms with Crippen LogP contribution < -0.4 is 5.32 Å². The van der Waals surface area contributed by atoms with Gasteiger partial charge in [-0.05, 0) is 18.1 Å². The molecule has 1 amide bonds. The number of rotatable bonds is 4. The van der Waals surface area contributed by atoms with Gasteiger partial charge < -0.3 is 19.7 Å². The first-order valence-corrected chi connectivity index (χ1v) is 8.32. The summed E-state index contributed by atoms with van der Waals surface area (Å²) in [4.78, 5) is 24.8. The summed E-state index contributed by atoms with van der Waals surface area (Å²) in [5, 5.41) is 17.3. The lowest BCUT2D eigenvalue weighted by atomic mass is 9.91. The van der Waals surface area contributed by atoms with Crippen LogP contribution in [0.25, 0.3) is 11.1 Å². The Labute approximate surface area is 154 Å². The fourth-order valence-corrected chi connectivity index (χ4v) is 3.27. The second-order valence-electron chi connectivity index (χ2n) is 6.25. The number of hydrogen-bond donors (Lipinski definition) is 2. The van der Waals surface area contributed by atoms with Crippen LogP contribution in [0.15, 0.2) is 59.1 Å². The van der Waals surface area contributed by atoms with E-state index in [2.05, 4.69) is 10.5 Å². The molecule has 0 fully saturated rings.